The van der Waals surface area contributed by atoms with Gasteiger partial charge in [0.15, 0.2) is 0 Å². The molecule has 1 heteroatoms. The molecule has 12 rings (SSSR count). The average molecular weight is 723 g/mol. The van der Waals surface area contributed by atoms with E-state index in [0.29, 0.717) is 0 Å². The number of fused-ring (bicyclic) bond motifs is 10. The largest absolute Gasteiger partial charge is 0.455 e. The molecule has 1 aromatic heterocycles. The number of benzene rings is 11. The monoisotopic (exact) mass is 722 g/mol. The Bertz CT molecular complexity index is 3510. The van der Waals surface area contributed by atoms with Crippen LogP contribution in [0.5, 0.6) is 0 Å². The Morgan fingerprint density at radius 2 is 0.737 bits per heavy atom. The average Bonchev–Trinajstić information content (AvgIpc) is 3.66. The zero-order valence-corrected chi connectivity index (χ0v) is 31.0. The predicted octanol–water partition coefficient (Wildman–Crippen LogP) is 16.0. The standard InChI is InChI=1S/C56H34O/c1-4-17-42-35(13-1)29-32-51-46-31-30-39(34-53(46)57-56(42)51)55-49-23-11-9-21-47(49)54(48-22-10-12-24-50(48)55)37-27-25-36(26-28-37)40-15-5-6-19-44(40)52-33-38-14-2-3-16-41(38)43-18-7-8-20-45(43)52/h1-34H. The third-order valence-electron chi connectivity index (χ3n) is 12.1. The van der Waals surface area contributed by atoms with Crippen molar-refractivity contribution >= 4 is 75.8 Å². The number of hydrogen-bond acceptors (Lipinski definition) is 1. The Labute approximate surface area is 329 Å². The summed E-state index contributed by atoms with van der Waals surface area (Å²) in [6.45, 7) is 0. The molecule has 0 saturated carbocycles. The molecule has 0 spiro atoms. The van der Waals surface area contributed by atoms with E-state index < -0.39 is 0 Å². The van der Waals surface area contributed by atoms with Crippen molar-refractivity contribution in [2.24, 2.45) is 0 Å². The van der Waals surface area contributed by atoms with Crippen LogP contribution in [0.15, 0.2) is 211 Å². The second-order valence-electron chi connectivity index (χ2n) is 15.1. The summed E-state index contributed by atoms with van der Waals surface area (Å²) in [5.41, 5.74) is 11.6. The summed E-state index contributed by atoms with van der Waals surface area (Å²) < 4.78 is 6.67. The van der Waals surface area contributed by atoms with Crippen LogP contribution < -0.4 is 0 Å². The van der Waals surface area contributed by atoms with Gasteiger partial charge in [-0.2, -0.15) is 0 Å². The van der Waals surface area contributed by atoms with Crippen molar-refractivity contribution < 1.29 is 4.42 Å². The van der Waals surface area contributed by atoms with E-state index in [1.165, 1.54) is 87.4 Å². The molecular weight excluding hydrogens is 689 g/mol. The quantitative estimate of drug-likeness (QED) is 0.130. The maximum absolute atomic E-state index is 6.67. The first-order valence-electron chi connectivity index (χ1n) is 19.7. The van der Waals surface area contributed by atoms with Gasteiger partial charge in [0.2, 0.25) is 0 Å². The molecule has 0 aliphatic rings. The zero-order chi connectivity index (χ0) is 37.5. The molecule has 11 aromatic carbocycles. The first-order chi connectivity index (χ1) is 28.3. The van der Waals surface area contributed by atoms with E-state index in [0.717, 1.165) is 32.9 Å². The van der Waals surface area contributed by atoms with Crippen molar-refractivity contribution in [2.45, 2.75) is 0 Å². The van der Waals surface area contributed by atoms with E-state index in [2.05, 4.69) is 206 Å². The second kappa shape index (κ2) is 12.5. The van der Waals surface area contributed by atoms with E-state index in [9.17, 15) is 0 Å². The van der Waals surface area contributed by atoms with Crippen molar-refractivity contribution in [1.29, 1.82) is 0 Å². The van der Waals surface area contributed by atoms with Crippen LogP contribution in [0.3, 0.4) is 0 Å². The van der Waals surface area contributed by atoms with Crippen molar-refractivity contribution in [3.8, 4) is 44.5 Å². The Morgan fingerprint density at radius 1 is 0.246 bits per heavy atom. The predicted molar refractivity (Wildman–Crippen MR) is 243 cm³/mol. The van der Waals surface area contributed by atoms with E-state index in [4.69, 9.17) is 4.42 Å². The minimum Gasteiger partial charge on any atom is -0.455 e. The molecule has 264 valence electrons. The minimum atomic E-state index is 0.906. The van der Waals surface area contributed by atoms with Gasteiger partial charge in [-0.3, -0.25) is 0 Å². The summed E-state index contributed by atoms with van der Waals surface area (Å²) in [6.07, 6.45) is 0. The molecular formula is C56H34O. The molecule has 0 aliphatic heterocycles. The summed E-state index contributed by atoms with van der Waals surface area (Å²) in [7, 11) is 0. The van der Waals surface area contributed by atoms with Gasteiger partial charge in [-0.25, -0.2) is 0 Å². The van der Waals surface area contributed by atoms with Gasteiger partial charge in [-0.15, -0.1) is 0 Å². The van der Waals surface area contributed by atoms with Crippen LogP contribution >= 0.6 is 0 Å². The summed E-state index contributed by atoms with van der Waals surface area (Å²) in [6, 6.07) is 75.3. The number of hydrogen-bond donors (Lipinski definition) is 0. The maximum Gasteiger partial charge on any atom is 0.143 e. The summed E-state index contributed by atoms with van der Waals surface area (Å²) in [5, 5.41) is 14.6. The fourth-order valence-corrected chi connectivity index (χ4v) is 9.47. The lowest BCUT2D eigenvalue weighted by atomic mass is 9.85. The number of rotatable bonds is 4. The van der Waals surface area contributed by atoms with E-state index in [1.807, 2.05) is 0 Å². The topological polar surface area (TPSA) is 13.1 Å². The molecule has 1 heterocycles. The SMILES string of the molecule is c1ccc(-c2cc3ccccc3c3ccccc23)c(-c2ccc(-c3c4ccccc4c(-c4ccc5c(c4)oc4c6ccccc6ccc54)c4ccccc34)cc2)c1. The van der Waals surface area contributed by atoms with Gasteiger partial charge in [0.05, 0.1) is 0 Å². The molecule has 0 bridgehead atoms. The molecule has 0 radical (unpaired) electrons. The molecule has 0 N–H and O–H groups in total. The molecule has 0 unspecified atom stereocenters. The molecule has 0 saturated heterocycles. The lowest BCUT2D eigenvalue weighted by molar-refractivity contribution is 0.673. The van der Waals surface area contributed by atoms with Crippen LogP contribution in [0.4, 0.5) is 0 Å². The summed E-state index contributed by atoms with van der Waals surface area (Å²) >= 11 is 0. The molecule has 0 fully saturated rings. The normalized spacial score (nSPS) is 11.9. The van der Waals surface area contributed by atoms with Crippen LogP contribution in [0.25, 0.3) is 120 Å². The summed E-state index contributed by atoms with van der Waals surface area (Å²) in [5.74, 6) is 0. The summed E-state index contributed by atoms with van der Waals surface area (Å²) in [4.78, 5) is 0. The van der Waals surface area contributed by atoms with Crippen molar-refractivity contribution in [2.75, 3.05) is 0 Å². The Kier molecular flexibility index (Phi) is 7.00. The van der Waals surface area contributed by atoms with Gasteiger partial charge < -0.3 is 4.42 Å². The van der Waals surface area contributed by atoms with Gasteiger partial charge in [-0.1, -0.05) is 182 Å². The third-order valence-corrected chi connectivity index (χ3v) is 12.1. The van der Waals surface area contributed by atoms with Gasteiger partial charge in [0.1, 0.15) is 11.2 Å². The van der Waals surface area contributed by atoms with Crippen LogP contribution in [0.1, 0.15) is 0 Å². The van der Waals surface area contributed by atoms with Crippen LogP contribution in [0, 0.1) is 0 Å². The van der Waals surface area contributed by atoms with Crippen molar-refractivity contribution in [3.63, 3.8) is 0 Å². The van der Waals surface area contributed by atoms with E-state index in [-0.39, 0.29) is 0 Å². The Hall–Kier alpha value is -7.48. The molecule has 0 amide bonds. The highest BCUT2D eigenvalue weighted by molar-refractivity contribution is 6.23. The van der Waals surface area contributed by atoms with Crippen molar-refractivity contribution in [3.05, 3.63) is 206 Å². The van der Waals surface area contributed by atoms with Crippen LogP contribution in [-0.2, 0) is 0 Å². The lowest BCUT2D eigenvalue weighted by Gasteiger charge is -2.18. The first kappa shape index (κ1) is 31.8. The molecule has 1 nitrogen and oxygen atoms in total. The second-order valence-corrected chi connectivity index (χ2v) is 15.1. The van der Waals surface area contributed by atoms with E-state index >= 15 is 0 Å². The minimum absolute atomic E-state index is 0.906. The smallest absolute Gasteiger partial charge is 0.143 e. The van der Waals surface area contributed by atoms with Gasteiger partial charge >= 0.3 is 0 Å². The van der Waals surface area contributed by atoms with Gasteiger partial charge in [-0.05, 0) is 117 Å². The van der Waals surface area contributed by atoms with Crippen LogP contribution in [0.2, 0.25) is 0 Å². The van der Waals surface area contributed by atoms with Gasteiger partial charge in [0.25, 0.3) is 0 Å². The highest BCUT2D eigenvalue weighted by Crippen LogP contribution is 2.46. The fourth-order valence-electron chi connectivity index (χ4n) is 9.47. The fraction of sp³-hybridized carbons (Fsp3) is 0. The maximum atomic E-state index is 6.67. The van der Waals surface area contributed by atoms with Crippen molar-refractivity contribution in [1.82, 2.24) is 0 Å². The molecule has 0 atom stereocenters. The lowest BCUT2D eigenvalue weighted by Crippen LogP contribution is -1.91. The zero-order valence-electron chi connectivity index (χ0n) is 31.0. The van der Waals surface area contributed by atoms with Crippen LogP contribution in [-0.4, -0.2) is 0 Å². The molecule has 12 aromatic rings. The van der Waals surface area contributed by atoms with E-state index in [1.54, 1.807) is 0 Å². The first-order valence-corrected chi connectivity index (χ1v) is 19.7. The number of furan rings is 1. The Morgan fingerprint density at radius 3 is 1.44 bits per heavy atom. The van der Waals surface area contributed by atoms with Gasteiger partial charge in [0, 0.05) is 16.2 Å². The highest BCUT2D eigenvalue weighted by Gasteiger charge is 2.19. The molecule has 57 heavy (non-hydrogen) atoms. The Balaban J connectivity index is 1.01. The highest BCUT2D eigenvalue weighted by atomic mass is 16.3. The molecule has 0 aliphatic carbocycles. The third kappa shape index (κ3) is 4.89.